The number of ketones is 1. The van der Waals surface area contributed by atoms with Crippen LogP contribution < -0.4 is 5.73 Å². The predicted molar refractivity (Wildman–Crippen MR) is 111 cm³/mol. The fourth-order valence-corrected chi connectivity index (χ4v) is 3.76. The molecule has 0 saturated carbocycles. The van der Waals surface area contributed by atoms with Crippen LogP contribution in [0.25, 0.3) is 11.1 Å². The number of amides is 1. The molecular formula is C24H18F4N2O3. The maximum absolute atomic E-state index is 13.1. The van der Waals surface area contributed by atoms with Crippen LogP contribution in [-0.4, -0.2) is 29.9 Å². The van der Waals surface area contributed by atoms with Crippen LogP contribution >= 0.6 is 0 Å². The Morgan fingerprint density at radius 2 is 1.67 bits per heavy atom. The summed E-state index contributed by atoms with van der Waals surface area (Å²) in [7, 11) is 0. The van der Waals surface area contributed by atoms with Crippen LogP contribution in [0.3, 0.4) is 0 Å². The molecule has 1 fully saturated rings. The van der Waals surface area contributed by atoms with Crippen molar-refractivity contribution in [2.75, 3.05) is 13.2 Å². The molecule has 0 unspecified atom stereocenters. The third-order valence-electron chi connectivity index (χ3n) is 5.72. The van der Waals surface area contributed by atoms with E-state index in [4.69, 9.17) is 10.5 Å². The van der Waals surface area contributed by atoms with E-state index >= 15 is 0 Å². The normalized spacial score (nSPS) is 15.0. The minimum atomic E-state index is -4.71. The lowest BCUT2D eigenvalue weighted by Gasteiger charge is -2.40. The number of halogens is 4. The molecule has 0 atom stereocenters. The lowest BCUT2D eigenvalue weighted by molar-refractivity contribution is -0.142. The summed E-state index contributed by atoms with van der Waals surface area (Å²) < 4.78 is 57.4. The van der Waals surface area contributed by atoms with Gasteiger partial charge in [-0.2, -0.15) is 13.2 Å². The van der Waals surface area contributed by atoms with Crippen LogP contribution in [0.15, 0.2) is 60.8 Å². The van der Waals surface area contributed by atoms with Crippen LogP contribution in [0.1, 0.15) is 27.2 Å². The van der Waals surface area contributed by atoms with E-state index in [1.807, 2.05) is 0 Å². The molecule has 2 heterocycles. The molecule has 9 heteroatoms. The third-order valence-corrected chi connectivity index (χ3v) is 5.72. The first kappa shape index (κ1) is 22.6. The van der Waals surface area contributed by atoms with Gasteiger partial charge in [-0.3, -0.25) is 14.6 Å². The third kappa shape index (κ3) is 4.36. The number of aromatic nitrogens is 1. The van der Waals surface area contributed by atoms with Gasteiger partial charge < -0.3 is 10.5 Å². The highest BCUT2D eigenvalue weighted by Gasteiger charge is 2.46. The molecule has 0 radical (unpaired) electrons. The summed E-state index contributed by atoms with van der Waals surface area (Å²) in [5, 5.41) is 0. The number of hydrogen-bond donors (Lipinski definition) is 1. The molecule has 1 aliphatic heterocycles. The average molecular weight is 458 g/mol. The monoisotopic (exact) mass is 458 g/mol. The molecule has 0 spiro atoms. The Kier molecular flexibility index (Phi) is 5.75. The highest BCUT2D eigenvalue weighted by atomic mass is 19.4. The number of carbonyl (C=O) groups excluding carboxylic acids is 2. The van der Waals surface area contributed by atoms with Gasteiger partial charge in [0, 0.05) is 18.2 Å². The topological polar surface area (TPSA) is 82.3 Å². The van der Waals surface area contributed by atoms with Gasteiger partial charge >= 0.3 is 6.18 Å². The summed E-state index contributed by atoms with van der Waals surface area (Å²) >= 11 is 0. The summed E-state index contributed by atoms with van der Waals surface area (Å²) in [6.07, 6.45) is -3.66. The summed E-state index contributed by atoms with van der Waals surface area (Å²) in [6.45, 7) is 0.363. The molecule has 1 aliphatic rings. The first-order chi connectivity index (χ1) is 15.6. The van der Waals surface area contributed by atoms with Gasteiger partial charge in [0.1, 0.15) is 16.9 Å². The second-order valence-corrected chi connectivity index (χ2v) is 7.86. The van der Waals surface area contributed by atoms with Gasteiger partial charge in [0.2, 0.25) is 5.91 Å². The zero-order chi connectivity index (χ0) is 23.8. The molecule has 0 aliphatic carbocycles. The summed E-state index contributed by atoms with van der Waals surface area (Å²) in [6, 6.07) is 12.8. The van der Waals surface area contributed by atoms with Gasteiger partial charge in [-0.1, -0.05) is 36.4 Å². The minimum Gasteiger partial charge on any atom is -0.378 e. The van der Waals surface area contributed by atoms with Gasteiger partial charge in [-0.15, -0.1) is 0 Å². The van der Waals surface area contributed by atoms with E-state index in [2.05, 4.69) is 4.98 Å². The Labute approximate surface area is 186 Å². The van der Waals surface area contributed by atoms with Gasteiger partial charge in [0.05, 0.1) is 18.8 Å². The van der Waals surface area contributed by atoms with Crippen molar-refractivity contribution in [3.8, 4) is 11.1 Å². The zero-order valence-corrected chi connectivity index (χ0v) is 17.2. The van der Waals surface area contributed by atoms with E-state index < -0.39 is 29.0 Å². The number of Topliss-reactive ketones (excluding diaryl/α,β-unsaturated/α-hetero) is 1. The second-order valence-electron chi connectivity index (χ2n) is 7.86. The molecule has 2 N–H and O–H groups in total. The maximum Gasteiger partial charge on any atom is 0.433 e. The van der Waals surface area contributed by atoms with Crippen LogP contribution in [0.5, 0.6) is 0 Å². The quantitative estimate of drug-likeness (QED) is 0.565. The average Bonchev–Trinajstić information content (AvgIpc) is 2.74. The molecule has 170 valence electrons. The molecule has 2 aromatic carbocycles. The molecule has 1 saturated heterocycles. The Morgan fingerprint density at radius 3 is 2.18 bits per heavy atom. The van der Waals surface area contributed by atoms with Crippen molar-refractivity contribution >= 4 is 11.7 Å². The van der Waals surface area contributed by atoms with Crippen molar-refractivity contribution in [1.29, 1.82) is 0 Å². The van der Waals surface area contributed by atoms with E-state index in [1.165, 1.54) is 12.1 Å². The summed E-state index contributed by atoms with van der Waals surface area (Å²) in [5.74, 6) is -1.50. The maximum atomic E-state index is 13.1. The first-order valence-corrected chi connectivity index (χ1v) is 9.93. The molecule has 3 aromatic rings. The Bertz CT molecular complexity index is 1200. The van der Waals surface area contributed by atoms with E-state index in [1.54, 1.807) is 36.4 Å². The number of pyridine rings is 1. The fourth-order valence-electron chi connectivity index (χ4n) is 3.76. The van der Waals surface area contributed by atoms with Crippen molar-refractivity contribution in [2.45, 2.75) is 18.0 Å². The molecule has 1 amide bonds. The van der Waals surface area contributed by atoms with Gasteiger partial charge in [-0.25, -0.2) is 4.39 Å². The Hall–Kier alpha value is -3.59. The summed E-state index contributed by atoms with van der Waals surface area (Å²) in [5.41, 5.74) is 4.82. The predicted octanol–water partition coefficient (Wildman–Crippen LogP) is 4.09. The Balaban J connectivity index is 1.63. The van der Waals surface area contributed by atoms with Crippen molar-refractivity contribution in [1.82, 2.24) is 4.98 Å². The van der Waals surface area contributed by atoms with Gasteiger partial charge in [0.25, 0.3) is 0 Å². The number of benzene rings is 2. The van der Waals surface area contributed by atoms with Crippen LogP contribution in [0.4, 0.5) is 17.6 Å². The van der Waals surface area contributed by atoms with Crippen molar-refractivity contribution in [3.63, 3.8) is 0 Å². The smallest absolute Gasteiger partial charge is 0.378 e. The molecule has 33 heavy (non-hydrogen) atoms. The van der Waals surface area contributed by atoms with Gasteiger partial charge in [0.15, 0.2) is 5.78 Å². The molecule has 1 aromatic heterocycles. The first-order valence-electron chi connectivity index (χ1n) is 9.93. The van der Waals surface area contributed by atoms with Crippen LogP contribution in [-0.2, 0) is 27.5 Å². The number of nitrogens with two attached hydrogens (primary N) is 1. The second kappa shape index (κ2) is 8.40. The SMILES string of the molecule is NC(=O)c1cc(C(F)(F)F)ncc1-c1ccc(C2(C(=O)Cc3ccc(F)cc3)COC2)cc1. The fraction of sp³-hybridized carbons (Fsp3) is 0.208. The van der Waals surface area contributed by atoms with Crippen molar-refractivity contribution in [3.05, 3.63) is 89.0 Å². The van der Waals surface area contributed by atoms with Crippen molar-refractivity contribution in [2.24, 2.45) is 5.73 Å². The number of rotatable bonds is 6. The minimum absolute atomic E-state index is 0.0953. The van der Waals surface area contributed by atoms with Crippen LogP contribution in [0.2, 0.25) is 0 Å². The van der Waals surface area contributed by atoms with E-state index in [0.29, 0.717) is 22.8 Å². The molecule has 0 bridgehead atoms. The van der Waals surface area contributed by atoms with Crippen LogP contribution in [0, 0.1) is 5.82 Å². The molecule has 4 rings (SSSR count). The van der Waals surface area contributed by atoms with Crippen molar-refractivity contribution < 1.29 is 31.9 Å². The standard InChI is InChI=1S/C24H18F4N2O3/c25-17-7-1-14(2-8-17)9-21(31)23(12-33-13-23)16-5-3-15(4-6-16)19-11-30-20(24(26,27)28)10-18(19)22(29)32/h1-8,10-11H,9,12-13H2,(H2,29,32). The lowest BCUT2D eigenvalue weighted by Crippen LogP contribution is -2.53. The van der Waals surface area contributed by atoms with E-state index in [-0.39, 0.29) is 36.5 Å². The number of nitrogens with zero attached hydrogens (tertiary/aromatic N) is 1. The number of hydrogen-bond acceptors (Lipinski definition) is 4. The molecule has 5 nitrogen and oxygen atoms in total. The number of carbonyl (C=O) groups is 2. The van der Waals surface area contributed by atoms with E-state index in [9.17, 15) is 27.2 Å². The van der Waals surface area contributed by atoms with E-state index in [0.717, 1.165) is 6.20 Å². The zero-order valence-electron chi connectivity index (χ0n) is 17.2. The van der Waals surface area contributed by atoms with Gasteiger partial charge in [-0.05, 0) is 34.9 Å². The Morgan fingerprint density at radius 1 is 1.03 bits per heavy atom. The molecular weight excluding hydrogens is 440 g/mol. The summed E-state index contributed by atoms with van der Waals surface area (Å²) in [4.78, 5) is 28.3. The number of ether oxygens (including phenoxy) is 1. The highest BCUT2D eigenvalue weighted by Crippen LogP contribution is 2.37. The lowest BCUT2D eigenvalue weighted by atomic mass is 9.73. The highest BCUT2D eigenvalue weighted by molar-refractivity contribution is 6.00. The largest absolute Gasteiger partial charge is 0.433 e. The number of primary amides is 1. The number of alkyl halides is 3.